The van der Waals surface area contributed by atoms with Crippen molar-refractivity contribution in [1.29, 1.82) is 0 Å². The molecule has 25 heavy (non-hydrogen) atoms. The zero-order valence-corrected chi connectivity index (χ0v) is 14.6. The summed E-state index contributed by atoms with van der Waals surface area (Å²) in [6.07, 6.45) is 13.9. The Bertz CT molecular complexity index is 1140. The van der Waals surface area contributed by atoms with Gasteiger partial charge in [-0.2, -0.15) is 0 Å². The Kier molecular flexibility index (Phi) is 4.81. The highest BCUT2D eigenvalue weighted by Crippen LogP contribution is 2.26. The predicted octanol–water partition coefficient (Wildman–Crippen LogP) is 5.60. The third kappa shape index (κ3) is 3.25. The SMILES string of the molecule is C=C/C=c1/cc2cc3cc(C=C)c(C=C)cc3cc2c/c1=C/C=C\C. The van der Waals surface area contributed by atoms with Crippen LogP contribution in [0.4, 0.5) is 0 Å². The molecule has 0 fully saturated rings. The summed E-state index contributed by atoms with van der Waals surface area (Å²) >= 11 is 0. The quantitative estimate of drug-likeness (QED) is 0.548. The average molecular weight is 322 g/mol. The van der Waals surface area contributed by atoms with Crippen LogP contribution in [0.15, 0.2) is 74.4 Å². The van der Waals surface area contributed by atoms with Crippen LogP contribution in [0.25, 0.3) is 45.8 Å². The van der Waals surface area contributed by atoms with Crippen LogP contribution < -0.4 is 10.4 Å². The zero-order valence-electron chi connectivity index (χ0n) is 14.6. The fourth-order valence-electron chi connectivity index (χ4n) is 3.14. The molecule has 0 spiro atoms. The molecular formula is C25H22. The van der Waals surface area contributed by atoms with E-state index in [4.69, 9.17) is 0 Å². The Balaban J connectivity index is 2.41. The van der Waals surface area contributed by atoms with E-state index >= 15 is 0 Å². The minimum absolute atomic E-state index is 1.11. The van der Waals surface area contributed by atoms with Gasteiger partial charge in [-0.1, -0.05) is 62.3 Å². The summed E-state index contributed by atoms with van der Waals surface area (Å²) in [7, 11) is 0. The number of hydrogen-bond donors (Lipinski definition) is 0. The maximum absolute atomic E-state index is 3.91. The third-order valence-corrected chi connectivity index (χ3v) is 4.40. The first-order valence-electron chi connectivity index (χ1n) is 8.42. The van der Waals surface area contributed by atoms with Gasteiger partial charge in [0.1, 0.15) is 0 Å². The van der Waals surface area contributed by atoms with E-state index < -0.39 is 0 Å². The highest BCUT2D eigenvalue weighted by Gasteiger charge is 2.03. The standard InChI is InChI=1S/C25H22/c1-5-9-11-21-15-25-17-23-13-19(8-4)18(7-3)12-22(23)16-24(25)14-20(21)10-6-2/h5-17H,2-4H2,1H3/b9-5-,20-10-,21-11-. The number of rotatable bonds is 4. The second kappa shape index (κ2) is 7.19. The van der Waals surface area contributed by atoms with Crippen LogP contribution in [0, 0.1) is 0 Å². The first kappa shape index (κ1) is 16.7. The summed E-state index contributed by atoms with van der Waals surface area (Å²) < 4.78 is 0. The predicted molar refractivity (Wildman–Crippen MR) is 115 cm³/mol. The molecule has 3 aromatic rings. The van der Waals surface area contributed by atoms with E-state index in [1.807, 2.05) is 31.2 Å². The lowest BCUT2D eigenvalue weighted by atomic mass is 9.97. The molecule has 0 heterocycles. The summed E-state index contributed by atoms with van der Waals surface area (Å²) in [5.74, 6) is 0. The topological polar surface area (TPSA) is 0 Å². The van der Waals surface area contributed by atoms with Crippen LogP contribution in [0.2, 0.25) is 0 Å². The second-order valence-corrected chi connectivity index (χ2v) is 6.01. The van der Waals surface area contributed by atoms with Crippen LogP contribution >= 0.6 is 0 Å². The molecule has 3 aromatic carbocycles. The van der Waals surface area contributed by atoms with Crippen LogP contribution in [0.5, 0.6) is 0 Å². The van der Waals surface area contributed by atoms with Gasteiger partial charge in [-0.05, 0) is 86.4 Å². The van der Waals surface area contributed by atoms with E-state index in [1.165, 1.54) is 32.0 Å². The second-order valence-electron chi connectivity index (χ2n) is 6.01. The molecule has 3 rings (SSSR count). The fraction of sp³-hybridized carbons (Fsp3) is 0.0400. The maximum atomic E-state index is 3.91. The summed E-state index contributed by atoms with van der Waals surface area (Å²) in [6.45, 7) is 13.7. The number of benzene rings is 3. The summed E-state index contributed by atoms with van der Waals surface area (Å²) in [4.78, 5) is 0. The van der Waals surface area contributed by atoms with Gasteiger partial charge < -0.3 is 0 Å². The van der Waals surface area contributed by atoms with Crippen molar-refractivity contribution in [2.45, 2.75) is 6.92 Å². The van der Waals surface area contributed by atoms with Gasteiger partial charge in [-0.25, -0.2) is 0 Å². The lowest BCUT2D eigenvalue weighted by molar-refractivity contribution is 1.57. The van der Waals surface area contributed by atoms with E-state index in [2.05, 4.69) is 74.4 Å². The smallest absolute Gasteiger partial charge is 0.0171 e. The van der Waals surface area contributed by atoms with Gasteiger partial charge in [0.25, 0.3) is 0 Å². The van der Waals surface area contributed by atoms with Crippen molar-refractivity contribution in [1.82, 2.24) is 0 Å². The molecule has 122 valence electrons. The normalized spacial score (nSPS) is 13.0. The first-order valence-corrected chi connectivity index (χ1v) is 8.42. The molecule has 0 aromatic heterocycles. The molecule has 0 aliphatic heterocycles. The summed E-state index contributed by atoms with van der Waals surface area (Å²) in [6, 6.07) is 13.3. The minimum Gasteiger partial charge on any atom is -0.0990 e. The number of fused-ring (bicyclic) bond motifs is 2. The lowest BCUT2D eigenvalue weighted by Crippen LogP contribution is -2.23. The van der Waals surface area contributed by atoms with E-state index in [0.29, 0.717) is 0 Å². The van der Waals surface area contributed by atoms with E-state index in [0.717, 1.165) is 11.1 Å². The minimum atomic E-state index is 1.11. The van der Waals surface area contributed by atoms with Gasteiger partial charge in [0, 0.05) is 0 Å². The molecule has 0 saturated carbocycles. The molecular weight excluding hydrogens is 300 g/mol. The van der Waals surface area contributed by atoms with Crippen LogP contribution in [0.3, 0.4) is 0 Å². The molecule has 0 aliphatic rings. The Morgan fingerprint density at radius 3 is 1.56 bits per heavy atom. The van der Waals surface area contributed by atoms with Crippen molar-refractivity contribution in [3.8, 4) is 0 Å². The van der Waals surface area contributed by atoms with Gasteiger partial charge in [-0.3, -0.25) is 0 Å². The van der Waals surface area contributed by atoms with Crippen molar-refractivity contribution >= 4 is 45.8 Å². The lowest BCUT2D eigenvalue weighted by Gasteiger charge is -2.07. The Morgan fingerprint density at radius 2 is 1.12 bits per heavy atom. The van der Waals surface area contributed by atoms with Gasteiger partial charge >= 0.3 is 0 Å². The van der Waals surface area contributed by atoms with Crippen LogP contribution in [-0.2, 0) is 0 Å². The van der Waals surface area contributed by atoms with Crippen molar-refractivity contribution in [3.63, 3.8) is 0 Å². The molecule has 0 radical (unpaired) electrons. The molecule has 0 atom stereocenters. The Labute approximate surface area is 149 Å². The summed E-state index contributed by atoms with van der Waals surface area (Å²) in [5.41, 5.74) is 2.22. The highest BCUT2D eigenvalue weighted by molar-refractivity contribution is 6.00. The monoisotopic (exact) mass is 322 g/mol. The van der Waals surface area contributed by atoms with E-state index in [-0.39, 0.29) is 0 Å². The molecule has 0 aliphatic carbocycles. The summed E-state index contributed by atoms with van der Waals surface area (Å²) in [5, 5.41) is 7.24. The molecule has 0 N–H and O–H groups in total. The molecule has 0 bridgehead atoms. The van der Waals surface area contributed by atoms with Crippen molar-refractivity contribution < 1.29 is 0 Å². The average Bonchev–Trinajstić information content (AvgIpc) is 2.63. The van der Waals surface area contributed by atoms with Crippen molar-refractivity contribution in [2.75, 3.05) is 0 Å². The third-order valence-electron chi connectivity index (χ3n) is 4.40. The van der Waals surface area contributed by atoms with Crippen molar-refractivity contribution in [2.24, 2.45) is 0 Å². The van der Waals surface area contributed by atoms with Gasteiger partial charge in [-0.15, -0.1) is 0 Å². The molecule has 0 heteroatoms. The Hall–Kier alpha value is -3.12. The maximum Gasteiger partial charge on any atom is -0.0171 e. The Morgan fingerprint density at radius 1 is 0.640 bits per heavy atom. The highest BCUT2D eigenvalue weighted by atomic mass is 14.1. The van der Waals surface area contributed by atoms with E-state index in [1.54, 1.807) is 0 Å². The van der Waals surface area contributed by atoms with Gasteiger partial charge in [0.15, 0.2) is 0 Å². The first-order chi connectivity index (χ1) is 12.2. The number of allylic oxidation sites excluding steroid dienone is 3. The molecule has 0 amide bonds. The zero-order chi connectivity index (χ0) is 17.8. The molecule has 0 nitrogen and oxygen atoms in total. The van der Waals surface area contributed by atoms with Crippen molar-refractivity contribution in [3.05, 3.63) is 95.9 Å². The van der Waals surface area contributed by atoms with Crippen LogP contribution in [0.1, 0.15) is 18.1 Å². The largest absolute Gasteiger partial charge is 0.0990 e. The number of hydrogen-bond acceptors (Lipinski definition) is 0. The molecule has 0 saturated heterocycles. The van der Waals surface area contributed by atoms with E-state index in [9.17, 15) is 0 Å². The van der Waals surface area contributed by atoms with Gasteiger partial charge in [0.2, 0.25) is 0 Å². The van der Waals surface area contributed by atoms with Crippen LogP contribution in [-0.4, -0.2) is 0 Å². The fourth-order valence-corrected chi connectivity index (χ4v) is 3.14. The molecule has 0 unspecified atom stereocenters. The van der Waals surface area contributed by atoms with Gasteiger partial charge in [0.05, 0.1) is 0 Å².